The smallest absolute Gasteiger partial charge is 0.219 e. The quantitative estimate of drug-likeness (QED) is 0.334. The SMILES string of the molecule is C=CC=Cc1cc(OC(C#N)=CN(C)C)c(I)cc1C. The van der Waals surface area contributed by atoms with E-state index < -0.39 is 0 Å². The van der Waals surface area contributed by atoms with Gasteiger partial charge in [0.25, 0.3) is 0 Å². The molecule has 0 radical (unpaired) electrons. The van der Waals surface area contributed by atoms with Gasteiger partial charge in [-0.25, -0.2) is 0 Å². The van der Waals surface area contributed by atoms with E-state index in [2.05, 4.69) is 29.2 Å². The lowest BCUT2D eigenvalue weighted by molar-refractivity contribution is 0.421. The molecule has 0 saturated carbocycles. The average Bonchev–Trinajstić information content (AvgIpc) is 2.38. The number of allylic oxidation sites excluding steroid dienone is 3. The summed E-state index contributed by atoms with van der Waals surface area (Å²) in [7, 11) is 3.69. The zero-order valence-corrected chi connectivity index (χ0v) is 14.0. The van der Waals surface area contributed by atoms with Gasteiger partial charge in [-0.05, 0) is 52.8 Å². The van der Waals surface area contributed by atoms with Crippen LogP contribution in [0.25, 0.3) is 6.08 Å². The van der Waals surface area contributed by atoms with Gasteiger partial charge < -0.3 is 9.64 Å². The summed E-state index contributed by atoms with van der Waals surface area (Å²) in [5.74, 6) is 0.935. The van der Waals surface area contributed by atoms with E-state index in [1.54, 1.807) is 17.2 Å². The van der Waals surface area contributed by atoms with Crippen LogP contribution in [0.15, 0.2) is 42.8 Å². The summed E-state index contributed by atoms with van der Waals surface area (Å²) in [6.07, 6.45) is 7.21. The van der Waals surface area contributed by atoms with Crippen LogP contribution < -0.4 is 4.74 Å². The summed E-state index contributed by atoms with van der Waals surface area (Å²) in [4.78, 5) is 1.78. The molecule has 0 spiro atoms. The van der Waals surface area contributed by atoms with Gasteiger partial charge >= 0.3 is 0 Å². The normalized spacial score (nSPS) is 11.2. The van der Waals surface area contributed by atoms with Crippen LogP contribution in [0.1, 0.15) is 11.1 Å². The average molecular weight is 380 g/mol. The topological polar surface area (TPSA) is 36.3 Å². The van der Waals surface area contributed by atoms with Crippen molar-refractivity contribution in [1.29, 1.82) is 5.26 Å². The second kappa shape index (κ2) is 7.75. The number of rotatable bonds is 5. The maximum absolute atomic E-state index is 9.09. The van der Waals surface area contributed by atoms with Gasteiger partial charge in [-0.2, -0.15) is 5.26 Å². The lowest BCUT2D eigenvalue weighted by atomic mass is 10.1. The Hall–Kier alpha value is -1.74. The fourth-order valence-electron chi connectivity index (χ4n) is 1.53. The summed E-state index contributed by atoms with van der Waals surface area (Å²) in [6, 6.07) is 6.01. The number of aryl methyl sites for hydroxylation is 1. The van der Waals surface area contributed by atoms with Crippen LogP contribution in [0.4, 0.5) is 0 Å². The molecule has 0 amide bonds. The second-order valence-electron chi connectivity index (χ2n) is 4.40. The standard InChI is InChI=1S/C16H17IN2O/c1-5-6-7-13-9-16(15(17)8-12(13)2)20-14(10-18)11-19(3)4/h5-9,11H,1H2,2-4H3. The lowest BCUT2D eigenvalue weighted by Crippen LogP contribution is -2.06. The molecule has 0 aliphatic carbocycles. The molecule has 0 aliphatic rings. The molecule has 0 saturated heterocycles. The first-order valence-electron chi connectivity index (χ1n) is 6.03. The number of nitriles is 1. The van der Waals surface area contributed by atoms with Crippen LogP contribution in [-0.2, 0) is 0 Å². The van der Waals surface area contributed by atoms with Crippen molar-refractivity contribution in [3.05, 3.63) is 57.5 Å². The molecule has 4 heteroatoms. The van der Waals surface area contributed by atoms with Crippen LogP contribution >= 0.6 is 22.6 Å². The third-order valence-corrected chi connectivity index (χ3v) is 3.28. The van der Waals surface area contributed by atoms with Crippen molar-refractivity contribution in [2.45, 2.75) is 6.92 Å². The van der Waals surface area contributed by atoms with Crippen LogP contribution in [0.5, 0.6) is 5.75 Å². The molecule has 0 atom stereocenters. The fraction of sp³-hybridized carbons (Fsp3) is 0.188. The molecule has 1 aromatic carbocycles. The Labute approximate surface area is 134 Å². The van der Waals surface area contributed by atoms with Crippen LogP contribution in [0.2, 0.25) is 0 Å². The molecular formula is C16H17IN2O. The van der Waals surface area contributed by atoms with Crippen molar-refractivity contribution >= 4 is 28.7 Å². The highest BCUT2D eigenvalue weighted by Gasteiger charge is 2.08. The summed E-state index contributed by atoms with van der Waals surface area (Å²) in [5.41, 5.74) is 2.19. The summed E-state index contributed by atoms with van der Waals surface area (Å²) in [5, 5.41) is 9.09. The van der Waals surface area contributed by atoms with Crippen molar-refractivity contribution in [1.82, 2.24) is 4.90 Å². The van der Waals surface area contributed by atoms with Gasteiger partial charge in [-0.15, -0.1) is 0 Å². The zero-order chi connectivity index (χ0) is 15.1. The van der Waals surface area contributed by atoms with E-state index >= 15 is 0 Å². The number of benzene rings is 1. The van der Waals surface area contributed by atoms with E-state index in [0.29, 0.717) is 5.75 Å². The molecule has 1 aromatic rings. The molecule has 1 rings (SSSR count). The number of halogens is 1. The van der Waals surface area contributed by atoms with Gasteiger partial charge in [-0.3, -0.25) is 0 Å². The van der Waals surface area contributed by atoms with E-state index in [-0.39, 0.29) is 5.76 Å². The third-order valence-electron chi connectivity index (χ3n) is 2.44. The Bertz CT molecular complexity index is 595. The Morgan fingerprint density at radius 2 is 2.15 bits per heavy atom. The molecule has 3 nitrogen and oxygen atoms in total. The van der Waals surface area contributed by atoms with Crippen molar-refractivity contribution in [2.24, 2.45) is 0 Å². The van der Waals surface area contributed by atoms with Crippen molar-refractivity contribution in [2.75, 3.05) is 14.1 Å². The monoisotopic (exact) mass is 380 g/mol. The number of hydrogen-bond acceptors (Lipinski definition) is 3. The minimum Gasteiger partial charge on any atom is -0.444 e. The zero-order valence-electron chi connectivity index (χ0n) is 11.9. The highest BCUT2D eigenvalue weighted by molar-refractivity contribution is 14.1. The first-order chi connectivity index (χ1) is 9.47. The van der Waals surface area contributed by atoms with Crippen LogP contribution in [-0.4, -0.2) is 19.0 Å². The maximum atomic E-state index is 9.09. The highest BCUT2D eigenvalue weighted by Crippen LogP contribution is 2.27. The van der Waals surface area contributed by atoms with Crippen molar-refractivity contribution in [3.8, 4) is 11.8 Å². The fourth-order valence-corrected chi connectivity index (χ4v) is 2.26. The van der Waals surface area contributed by atoms with Crippen LogP contribution in [0.3, 0.4) is 0 Å². The van der Waals surface area contributed by atoms with Gasteiger partial charge in [0.05, 0.1) is 9.77 Å². The largest absolute Gasteiger partial charge is 0.444 e. The Morgan fingerprint density at radius 1 is 1.45 bits per heavy atom. The van der Waals surface area contributed by atoms with Gasteiger partial charge in [0.2, 0.25) is 5.76 Å². The molecule has 0 unspecified atom stereocenters. The van der Waals surface area contributed by atoms with Gasteiger partial charge in [0.15, 0.2) is 0 Å². The Balaban J connectivity index is 3.15. The van der Waals surface area contributed by atoms with Gasteiger partial charge in [0, 0.05) is 14.1 Å². The van der Waals surface area contributed by atoms with Crippen LogP contribution in [0, 0.1) is 21.8 Å². The second-order valence-corrected chi connectivity index (χ2v) is 5.57. The first kappa shape index (κ1) is 16.3. The molecule has 104 valence electrons. The van der Waals surface area contributed by atoms with Crippen molar-refractivity contribution < 1.29 is 4.74 Å². The summed E-state index contributed by atoms with van der Waals surface area (Å²) in [6.45, 7) is 5.70. The molecule has 0 aliphatic heterocycles. The lowest BCUT2D eigenvalue weighted by Gasteiger charge is -2.11. The van der Waals surface area contributed by atoms with E-state index in [1.807, 2.05) is 51.4 Å². The Morgan fingerprint density at radius 3 is 2.70 bits per heavy atom. The molecule has 0 heterocycles. The molecule has 0 bridgehead atoms. The van der Waals surface area contributed by atoms with E-state index in [1.165, 1.54) is 0 Å². The van der Waals surface area contributed by atoms with Crippen molar-refractivity contribution in [3.63, 3.8) is 0 Å². The third kappa shape index (κ3) is 4.74. The molecule has 0 fully saturated rings. The molecule has 0 N–H and O–H groups in total. The molecule has 0 aromatic heterocycles. The van der Waals surface area contributed by atoms with E-state index in [9.17, 15) is 0 Å². The minimum absolute atomic E-state index is 0.260. The number of hydrogen-bond donors (Lipinski definition) is 0. The Kier molecular flexibility index (Phi) is 6.32. The molecule has 20 heavy (non-hydrogen) atoms. The van der Waals surface area contributed by atoms with E-state index in [0.717, 1.165) is 14.7 Å². The van der Waals surface area contributed by atoms with E-state index in [4.69, 9.17) is 10.00 Å². The number of ether oxygens (including phenoxy) is 1. The van der Waals surface area contributed by atoms with Gasteiger partial charge in [0.1, 0.15) is 11.8 Å². The minimum atomic E-state index is 0.260. The predicted molar refractivity (Wildman–Crippen MR) is 91.1 cm³/mol. The maximum Gasteiger partial charge on any atom is 0.219 e. The summed E-state index contributed by atoms with van der Waals surface area (Å²) < 4.78 is 6.64. The predicted octanol–water partition coefficient (Wildman–Crippen LogP) is 4.10. The summed E-state index contributed by atoms with van der Waals surface area (Å²) >= 11 is 2.20. The molecular weight excluding hydrogens is 363 g/mol. The number of nitrogens with zero attached hydrogens (tertiary/aromatic N) is 2. The highest BCUT2D eigenvalue weighted by atomic mass is 127. The van der Waals surface area contributed by atoms with Gasteiger partial charge in [-0.1, -0.05) is 24.8 Å². The first-order valence-corrected chi connectivity index (χ1v) is 7.11.